The standard InChI is InChI=1S/C8H11.C5H5.C2H6Si.2ClH.Ti/c1-6-4-5-7(2)8(6)3;1-2-4-5-3-1;1-3-2;;;/h4H2,1-3H3;1-3H,4H2;1-2H3;2*1H;/q2*-1;;;;+2/p-2. The quantitative estimate of drug-likeness (QED) is 0.372. The number of halogens is 2. The molecule has 0 fully saturated rings. The van der Waals surface area contributed by atoms with Crippen molar-refractivity contribution in [2.75, 3.05) is 0 Å². The molecule has 0 atom stereocenters. The molecule has 2 aliphatic carbocycles. The predicted molar refractivity (Wildman–Crippen MR) is 74.5 cm³/mol. The maximum Gasteiger partial charge on any atom is -0.109 e. The smallest absolute Gasteiger partial charge is 0.109 e. The second-order valence-electron chi connectivity index (χ2n) is 4.39. The van der Waals surface area contributed by atoms with E-state index in [0.717, 1.165) is 12.8 Å². The van der Waals surface area contributed by atoms with E-state index in [9.17, 15) is 0 Å². The molecule has 0 bridgehead atoms. The zero-order valence-electron chi connectivity index (χ0n) is 12.4. The molecule has 19 heavy (non-hydrogen) atoms. The molecule has 0 N–H and O–H groups in total. The largest absolute Gasteiger partial charge is 1.00 e. The van der Waals surface area contributed by atoms with E-state index in [1.54, 1.807) is 0 Å². The molecule has 0 aliphatic heterocycles. The summed E-state index contributed by atoms with van der Waals surface area (Å²) in [6.07, 6.45) is 14.4. The van der Waals surface area contributed by atoms with E-state index >= 15 is 0 Å². The summed E-state index contributed by atoms with van der Waals surface area (Å²) >= 11 is 2.27. The summed E-state index contributed by atoms with van der Waals surface area (Å²) < 4.78 is 0. The minimum atomic E-state index is 0. The molecule has 0 spiro atoms. The van der Waals surface area contributed by atoms with Crippen LogP contribution in [0.15, 0.2) is 34.9 Å². The first kappa shape index (κ1) is 24.5. The summed E-state index contributed by atoms with van der Waals surface area (Å²) in [5.74, 6) is 0. The Hall–Kier alpha value is 0.471. The van der Waals surface area contributed by atoms with Crippen molar-refractivity contribution in [2.45, 2.75) is 46.7 Å². The zero-order chi connectivity index (χ0) is 13.3. The van der Waals surface area contributed by atoms with Gasteiger partial charge in [-0.1, -0.05) is 13.8 Å². The minimum Gasteiger partial charge on any atom is -1.00 e. The van der Waals surface area contributed by atoms with E-state index in [1.807, 2.05) is 12.2 Å². The first-order chi connectivity index (χ1) is 7.95. The van der Waals surface area contributed by atoms with Gasteiger partial charge < -0.3 is 24.8 Å². The Balaban J connectivity index is -0.000000206. The molecule has 0 saturated carbocycles. The average Bonchev–Trinajstić information content (AvgIpc) is 2.88. The van der Waals surface area contributed by atoms with Crippen molar-refractivity contribution in [3.05, 3.63) is 47.1 Å². The molecule has 0 aromatic carbocycles. The van der Waals surface area contributed by atoms with Gasteiger partial charge in [-0.05, 0) is 0 Å². The number of hydrogen-bond donors (Lipinski definition) is 0. The Labute approximate surface area is 143 Å². The zero-order valence-corrected chi connectivity index (χ0v) is 16.5. The third-order valence-electron chi connectivity index (χ3n) is 2.41. The van der Waals surface area contributed by atoms with Gasteiger partial charge in [0.1, 0.15) is 0 Å². The average molecular weight is 349 g/mol. The van der Waals surface area contributed by atoms with Crippen LogP contribution >= 0.6 is 0 Å². The van der Waals surface area contributed by atoms with Crippen LogP contribution in [0, 0.1) is 12.2 Å². The first-order valence-electron chi connectivity index (χ1n) is 5.92. The van der Waals surface area contributed by atoms with Gasteiger partial charge in [0.15, 0.2) is 0 Å². The molecule has 0 saturated heterocycles. The summed E-state index contributed by atoms with van der Waals surface area (Å²) in [4.78, 5) is 0. The van der Waals surface area contributed by atoms with Crippen LogP contribution in [-0.2, 0) is 19.2 Å². The SMILES string of the molecule is CC1=[C-]CC(C)=C1C.C[Si](C)=[Ti+2].[C-]1=CC=CC1.[Cl-].[Cl-]. The topological polar surface area (TPSA) is 0 Å². The van der Waals surface area contributed by atoms with E-state index in [4.69, 9.17) is 0 Å². The summed E-state index contributed by atoms with van der Waals surface area (Å²) in [5.41, 5.74) is 4.25. The Morgan fingerprint density at radius 2 is 1.68 bits per heavy atom. The van der Waals surface area contributed by atoms with Crippen molar-refractivity contribution in [1.82, 2.24) is 0 Å². The van der Waals surface area contributed by atoms with Crippen LogP contribution in [0.25, 0.3) is 0 Å². The maximum atomic E-state index is 3.26. The van der Waals surface area contributed by atoms with Crippen LogP contribution in [0.5, 0.6) is 0 Å². The van der Waals surface area contributed by atoms with Crippen LogP contribution in [0.2, 0.25) is 13.1 Å². The van der Waals surface area contributed by atoms with Crippen LogP contribution in [0.4, 0.5) is 0 Å². The molecule has 106 valence electrons. The fraction of sp³-hybridized carbons (Fsp3) is 0.467. The Morgan fingerprint density at radius 1 is 1.16 bits per heavy atom. The van der Waals surface area contributed by atoms with E-state index in [0.29, 0.717) is 0 Å². The van der Waals surface area contributed by atoms with Gasteiger partial charge in [0.2, 0.25) is 0 Å². The van der Waals surface area contributed by atoms with Gasteiger partial charge in [-0.15, -0.1) is 19.8 Å². The van der Waals surface area contributed by atoms with E-state index in [-0.39, 0.29) is 31.0 Å². The summed E-state index contributed by atoms with van der Waals surface area (Å²) in [6, 6.07) is 0. The third kappa shape index (κ3) is 14.7. The Kier molecular flexibility index (Phi) is 19.2. The van der Waals surface area contributed by atoms with Gasteiger partial charge in [-0.25, -0.2) is 17.7 Å². The molecule has 0 heterocycles. The van der Waals surface area contributed by atoms with E-state index < -0.39 is 0 Å². The monoisotopic (exact) mass is 348 g/mol. The third-order valence-corrected chi connectivity index (χ3v) is 2.41. The molecule has 0 amide bonds. The fourth-order valence-corrected chi connectivity index (χ4v) is 1.19. The van der Waals surface area contributed by atoms with Gasteiger partial charge in [0.05, 0.1) is 0 Å². The van der Waals surface area contributed by atoms with Gasteiger partial charge >= 0.3 is 38.5 Å². The molecule has 0 aromatic heterocycles. The van der Waals surface area contributed by atoms with Crippen molar-refractivity contribution in [1.29, 1.82) is 0 Å². The summed E-state index contributed by atoms with van der Waals surface area (Å²) in [5, 5.41) is 0. The molecular formula is C15H22Cl2SiTi-2. The normalized spacial score (nSPS) is 14.4. The number of allylic oxidation sites excluding steroid dienone is 8. The van der Waals surface area contributed by atoms with E-state index in [2.05, 4.69) is 71.3 Å². The molecule has 0 nitrogen and oxygen atoms in total. The number of rotatable bonds is 0. The van der Waals surface area contributed by atoms with Crippen molar-refractivity contribution in [3.8, 4) is 0 Å². The Morgan fingerprint density at radius 3 is 1.79 bits per heavy atom. The minimum absolute atomic E-state index is 0. The van der Waals surface area contributed by atoms with Gasteiger partial charge in [0, 0.05) is 0 Å². The first-order valence-corrected chi connectivity index (χ1v) is 10.8. The maximum absolute atomic E-state index is 3.26. The van der Waals surface area contributed by atoms with Crippen LogP contribution in [-0.4, -0.2) is 6.19 Å². The van der Waals surface area contributed by atoms with E-state index in [1.165, 1.54) is 16.7 Å². The van der Waals surface area contributed by atoms with Crippen molar-refractivity contribution < 1.29 is 44.0 Å². The van der Waals surface area contributed by atoms with Crippen LogP contribution in [0.3, 0.4) is 0 Å². The van der Waals surface area contributed by atoms with Crippen molar-refractivity contribution in [3.63, 3.8) is 0 Å². The van der Waals surface area contributed by atoms with Crippen molar-refractivity contribution in [2.24, 2.45) is 0 Å². The van der Waals surface area contributed by atoms with Gasteiger partial charge in [-0.2, -0.15) is 17.2 Å². The molecule has 0 aromatic rings. The molecular weight excluding hydrogens is 327 g/mol. The van der Waals surface area contributed by atoms with Crippen LogP contribution in [0.1, 0.15) is 33.6 Å². The molecule has 0 unspecified atom stereocenters. The molecule has 4 heteroatoms. The summed E-state index contributed by atoms with van der Waals surface area (Å²) in [6.45, 7) is 11.0. The van der Waals surface area contributed by atoms with Crippen molar-refractivity contribution >= 4 is 6.19 Å². The van der Waals surface area contributed by atoms with Gasteiger partial charge in [-0.3, -0.25) is 12.2 Å². The van der Waals surface area contributed by atoms with Gasteiger partial charge in [0.25, 0.3) is 0 Å². The summed E-state index contributed by atoms with van der Waals surface area (Å²) in [7, 11) is 0. The van der Waals surface area contributed by atoms with Crippen LogP contribution < -0.4 is 24.8 Å². The molecule has 0 radical (unpaired) electrons. The fourth-order valence-electron chi connectivity index (χ4n) is 1.19. The molecule has 2 aliphatic rings. The second kappa shape index (κ2) is 14.9. The second-order valence-corrected chi connectivity index (χ2v) is 11.1. The number of hydrogen-bond acceptors (Lipinski definition) is 0. The predicted octanol–water partition coefficient (Wildman–Crippen LogP) is -1.43. The Bertz CT molecular complexity index is 360. The molecule has 2 rings (SSSR count).